The van der Waals surface area contributed by atoms with Gasteiger partial charge in [-0.2, -0.15) is 0 Å². The molecule has 2 amide bonds. The molecule has 1 aliphatic rings. The summed E-state index contributed by atoms with van der Waals surface area (Å²) in [6, 6.07) is 17.0. The predicted molar refractivity (Wildman–Crippen MR) is 150 cm³/mol. The minimum Gasteiger partial charge on any atom is -0.497 e. The predicted octanol–water partition coefficient (Wildman–Crippen LogP) is 4.16. The SMILES string of the molecule is COc1ccc(C(=O)N2CCc3ccc(NC(=O)COc4ccc(S(=O)(=O)NCC(C)C)cc4C)cc32)cc1. The lowest BCUT2D eigenvalue weighted by atomic mass is 10.1. The van der Waals surface area contributed by atoms with Crippen LogP contribution in [0.5, 0.6) is 11.5 Å². The second kappa shape index (κ2) is 11.9. The monoisotopic (exact) mass is 551 g/mol. The van der Waals surface area contributed by atoms with E-state index in [2.05, 4.69) is 10.0 Å². The summed E-state index contributed by atoms with van der Waals surface area (Å²) in [6.07, 6.45) is 0.729. The Labute approximate surface area is 229 Å². The van der Waals surface area contributed by atoms with Gasteiger partial charge in [0.15, 0.2) is 6.61 Å². The number of benzene rings is 3. The van der Waals surface area contributed by atoms with Crippen LogP contribution in [0.2, 0.25) is 0 Å². The lowest BCUT2D eigenvalue weighted by Crippen LogP contribution is -2.29. The molecule has 1 aliphatic heterocycles. The Morgan fingerprint density at radius 3 is 2.44 bits per heavy atom. The second-order valence-corrected chi connectivity index (χ2v) is 11.6. The number of ether oxygens (including phenoxy) is 2. The molecule has 0 fully saturated rings. The van der Waals surface area contributed by atoms with Crippen LogP contribution in [0.4, 0.5) is 11.4 Å². The number of amides is 2. The molecule has 0 atom stereocenters. The Balaban J connectivity index is 1.38. The van der Waals surface area contributed by atoms with Gasteiger partial charge in [-0.1, -0.05) is 19.9 Å². The van der Waals surface area contributed by atoms with E-state index >= 15 is 0 Å². The Bertz CT molecular complexity index is 1470. The van der Waals surface area contributed by atoms with Gasteiger partial charge in [-0.15, -0.1) is 0 Å². The maximum absolute atomic E-state index is 13.1. The number of fused-ring (bicyclic) bond motifs is 1. The summed E-state index contributed by atoms with van der Waals surface area (Å²) in [5.74, 6) is 0.775. The summed E-state index contributed by atoms with van der Waals surface area (Å²) in [5.41, 5.74) is 3.48. The lowest BCUT2D eigenvalue weighted by Gasteiger charge is -2.18. The van der Waals surface area contributed by atoms with E-state index in [1.165, 1.54) is 12.1 Å². The zero-order valence-electron chi connectivity index (χ0n) is 22.5. The molecule has 10 heteroatoms. The number of carbonyl (C=O) groups excluding carboxylic acids is 2. The smallest absolute Gasteiger partial charge is 0.262 e. The Morgan fingerprint density at radius 1 is 1.03 bits per heavy atom. The molecule has 4 rings (SSSR count). The van der Waals surface area contributed by atoms with Crippen molar-refractivity contribution >= 4 is 33.2 Å². The van der Waals surface area contributed by atoms with Crippen molar-refractivity contribution in [3.8, 4) is 11.5 Å². The van der Waals surface area contributed by atoms with E-state index in [1.54, 1.807) is 61.4 Å². The highest BCUT2D eigenvalue weighted by Gasteiger charge is 2.26. The quantitative estimate of drug-likeness (QED) is 0.391. The molecule has 0 aliphatic carbocycles. The van der Waals surface area contributed by atoms with Crippen molar-refractivity contribution < 1.29 is 27.5 Å². The highest BCUT2D eigenvalue weighted by Crippen LogP contribution is 2.32. The molecular formula is C29H33N3O6S. The fourth-order valence-corrected chi connectivity index (χ4v) is 5.51. The highest BCUT2D eigenvalue weighted by molar-refractivity contribution is 7.89. The summed E-state index contributed by atoms with van der Waals surface area (Å²) >= 11 is 0. The van der Waals surface area contributed by atoms with E-state index < -0.39 is 10.0 Å². The molecular weight excluding hydrogens is 518 g/mol. The summed E-state index contributed by atoms with van der Waals surface area (Å²) in [6.45, 7) is 6.22. The van der Waals surface area contributed by atoms with Crippen LogP contribution in [-0.4, -0.2) is 47.0 Å². The zero-order valence-corrected chi connectivity index (χ0v) is 23.3. The molecule has 206 valence electrons. The van der Waals surface area contributed by atoms with E-state index in [4.69, 9.17) is 9.47 Å². The maximum Gasteiger partial charge on any atom is 0.262 e. The van der Waals surface area contributed by atoms with Crippen molar-refractivity contribution in [2.24, 2.45) is 5.92 Å². The molecule has 0 aromatic heterocycles. The fraction of sp³-hybridized carbons (Fsp3) is 0.310. The number of nitrogens with one attached hydrogen (secondary N) is 2. The first-order valence-electron chi connectivity index (χ1n) is 12.7. The van der Waals surface area contributed by atoms with Gasteiger partial charge in [0.25, 0.3) is 11.8 Å². The number of carbonyl (C=O) groups is 2. The standard InChI is InChI=1S/C29H33N3O6S/c1-19(2)17-30-39(35,36)25-11-12-27(20(3)15-25)38-18-28(33)31-23-8-5-21-13-14-32(26(21)16-23)29(34)22-6-9-24(37-4)10-7-22/h5-12,15-16,19,30H,13-14,17-18H2,1-4H3,(H,31,33). The van der Waals surface area contributed by atoms with Gasteiger partial charge in [-0.3, -0.25) is 9.59 Å². The first-order valence-corrected chi connectivity index (χ1v) is 14.2. The van der Waals surface area contributed by atoms with Crippen molar-refractivity contribution in [2.45, 2.75) is 32.1 Å². The summed E-state index contributed by atoms with van der Waals surface area (Å²) < 4.78 is 38.4. The number of aryl methyl sites for hydroxylation is 1. The molecule has 0 saturated carbocycles. The molecule has 2 N–H and O–H groups in total. The van der Waals surface area contributed by atoms with E-state index in [0.717, 1.165) is 17.7 Å². The number of sulfonamides is 1. The zero-order chi connectivity index (χ0) is 28.2. The van der Waals surface area contributed by atoms with Crippen LogP contribution in [-0.2, 0) is 21.2 Å². The van der Waals surface area contributed by atoms with Crippen LogP contribution in [0.1, 0.15) is 35.3 Å². The first kappa shape index (κ1) is 28.1. The molecule has 1 heterocycles. The first-order chi connectivity index (χ1) is 18.6. The molecule has 3 aromatic rings. The topological polar surface area (TPSA) is 114 Å². The van der Waals surface area contributed by atoms with Crippen LogP contribution in [0.15, 0.2) is 65.6 Å². The van der Waals surface area contributed by atoms with Crippen molar-refractivity contribution in [3.63, 3.8) is 0 Å². The minimum atomic E-state index is -3.62. The fourth-order valence-electron chi connectivity index (χ4n) is 4.21. The van der Waals surface area contributed by atoms with Gasteiger partial charge in [0, 0.05) is 30.0 Å². The van der Waals surface area contributed by atoms with Crippen LogP contribution >= 0.6 is 0 Å². The molecule has 3 aromatic carbocycles. The van der Waals surface area contributed by atoms with Gasteiger partial charge < -0.3 is 19.7 Å². The Hall–Kier alpha value is -3.89. The largest absolute Gasteiger partial charge is 0.497 e. The van der Waals surface area contributed by atoms with Crippen molar-refractivity contribution in [2.75, 3.05) is 37.0 Å². The van der Waals surface area contributed by atoms with Gasteiger partial charge in [0.2, 0.25) is 10.0 Å². The van der Waals surface area contributed by atoms with Crippen LogP contribution in [0.3, 0.4) is 0 Å². The third-order valence-electron chi connectivity index (χ3n) is 6.34. The Morgan fingerprint density at radius 2 is 1.77 bits per heavy atom. The van der Waals surface area contributed by atoms with Gasteiger partial charge in [-0.05, 0) is 85.0 Å². The van der Waals surface area contributed by atoms with E-state index in [1.807, 2.05) is 19.9 Å². The van der Waals surface area contributed by atoms with E-state index in [9.17, 15) is 18.0 Å². The van der Waals surface area contributed by atoms with Crippen molar-refractivity contribution in [1.29, 1.82) is 0 Å². The number of rotatable bonds is 10. The highest BCUT2D eigenvalue weighted by atomic mass is 32.2. The van der Waals surface area contributed by atoms with Crippen molar-refractivity contribution in [1.82, 2.24) is 4.72 Å². The van der Waals surface area contributed by atoms with Crippen molar-refractivity contribution in [3.05, 3.63) is 77.4 Å². The molecule has 39 heavy (non-hydrogen) atoms. The molecule has 0 radical (unpaired) electrons. The summed E-state index contributed by atoms with van der Waals surface area (Å²) in [5, 5.41) is 2.81. The van der Waals surface area contributed by atoms with Crippen LogP contribution in [0, 0.1) is 12.8 Å². The molecule has 0 bridgehead atoms. The molecule has 0 unspecified atom stereocenters. The van der Waals surface area contributed by atoms with E-state index in [-0.39, 0.29) is 29.2 Å². The molecule has 0 spiro atoms. The van der Waals surface area contributed by atoms with Crippen LogP contribution < -0.4 is 24.4 Å². The summed E-state index contributed by atoms with van der Waals surface area (Å²) in [4.78, 5) is 27.6. The number of anilines is 2. The lowest BCUT2D eigenvalue weighted by molar-refractivity contribution is -0.118. The molecule has 0 saturated heterocycles. The maximum atomic E-state index is 13.1. The normalized spacial score (nSPS) is 12.8. The van der Waals surface area contributed by atoms with Gasteiger partial charge in [-0.25, -0.2) is 13.1 Å². The van der Waals surface area contributed by atoms with Gasteiger partial charge in [0.05, 0.1) is 12.0 Å². The van der Waals surface area contributed by atoms with E-state index in [0.29, 0.717) is 41.4 Å². The third-order valence-corrected chi connectivity index (χ3v) is 7.77. The molecule has 9 nitrogen and oxygen atoms in total. The second-order valence-electron chi connectivity index (χ2n) is 9.79. The van der Waals surface area contributed by atoms with Gasteiger partial charge >= 0.3 is 0 Å². The number of hydrogen-bond donors (Lipinski definition) is 2. The summed E-state index contributed by atoms with van der Waals surface area (Å²) in [7, 11) is -2.05. The average Bonchev–Trinajstić information content (AvgIpc) is 3.34. The van der Waals surface area contributed by atoms with Gasteiger partial charge in [0.1, 0.15) is 11.5 Å². The number of nitrogens with zero attached hydrogens (tertiary/aromatic N) is 1. The average molecular weight is 552 g/mol. The van der Waals surface area contributed by atoms with Crippen LogP contribution in [0.25, 0.3) is 0 Å². The minimum absolute atomic E-state index is 0.122. The Kier molecular flexibility index (Phi) is 8.57. The number of methoxy groups -OCH3 is 1. The number of hydrogen-bond acceptors (Lipinski definition) is 6. The third kappa shape index (κ3) is 6.76.